The van der Waals surface area contributed by atoms with Gasteiger partial charge in [0.1, 0.15) is 11.5 Å². The van der Waals surface area contributed by atoms with Crippen molar-refractivity contribution in [3.8, 4) is 5.75 Å². The van der Waals surface area contributed by atoms with Crippen molar-refractivity contribution in [2.45, 2.75) is 18.9 Å². The van der Waals surface area contributed by atoms with Gasteiger partial charge in [0.15, 0.2) is 10.9 Å². The Kier molecular flexibility index (Phi) is 3.80. The normalized spacial score (nSPS) is 30.0. The second-order valence-corrected chi connectivity index (χ2v) is 7.71. The number of anilines is 1. The Bertz CT molecular complexity index is 550. The summed E-state index contributed by atoms with van der Waals surface area (Å²) in [6, 6.07) is 6.61. The van der Waals surface area contributed by atoms with Crippen LogP contribution in [0.5, 0.6) is 5.75 Å². The van der Waals surface area contributed by atoms with Gasteiger partial charge in [-0.2, -0.15) is 4.55 Å². The van der Waals surface area contributed by atoms with E-state index >= 15 is 0 Å². The third-order valence-electron chi connectivity index (χ3n) is 3.04. The highest BCUT2D eigenvalue weighted by molar-refractivity contribution is 7.98. The van der Waals surface area contributed by atoms with E-state index in [0.717, 1.165) is 0 Å². The molecule has 1 aromatic rings. The topological polar surface area (TPSA) is 81.6 Å². The summed E-state index contributed by atoms with van der Waals surface area (Å²) in [5.74, 6) is 0.644. The lowest BCUT2D eigenvalue weighted by Gasteiger charge is -2.23. The first-order valence-electron chi connectivity index (χ1n) is 5.88. The molecule has 19 heavy (non-hydrogen) atoms. The summed E-state index contributed by atoms with van der Waals surface area (Å²) in [5.41, 5.74) is 0.205. The van der Waals surface area contributed by atoms with E-state index in [1.165, 1.54) is 0 Å². The Morgan fingerprint density at radius 3 is 2.84 bits per heavy atom. The van der Waals surface area contributed by atoms with Gasteiger partial charge in [-0.15, -0.1) is 0 Å². The standard InChI is InChI=1S/C12H16N2O3S2/c1-12(5-6-19(16,17)8-12)14-11(18)13-9-3-2-4-10(15)7-9/h2-4,7H,5-6,8H2,1H3,(H3-,13,14,15,16,17,18)/p+1/t12-/m0/s1. The molecule has 0 saturated carbocycles. The van der Waals surface area contributed by atoms with Gasteiger partial charge in [-0.05, 0) is 31.3 Å². The Labute approximate surface area is 118 Å². The van der Waals surface area contributed by atoms with Crippen molar-refractivity contribution in [1.82, 2.24) is 5.32 Å². The molecule has 1 aromatic carbocycles. The Balaban J connectivity index is 1.97. The molecule has 0 amide bonds. The Morgan fingerprint density at radius 2 is 2.26 bits per heavy atom. The first-order valence-corrected chi connectivity index (χ1v) is 8.14. The maximum atomic E-state index is 11.6. The second kappa shape index (κ2) is 5.07. The zero-order chi connectivity index (χ0) is 14.1. The molecular weight excluding hydrogens is 284 g/mol. The average molecular weight is 301 g/mol. The Hall–Kier alpha value is -1.18. The molecule has 5 nitrogen and oxygen atoms in total. The minimum absolute atomic E-state index is 0.151. The molecule has 0 aromatic heterocycles. The molecule has 0 radical (unpaired) electrons. The zero-order valence-electron chi connectivity index (χ0n) is 10.5. The average Bonchev–Trinajstić information content (AvgIpc) is 2.52. The molecule has 2 atom stereocenters. The van der Waals surface area contributed by atoms with Gasteiger partial charge in [0.05, 0.1) is 5.54 Å². The molecular formula is C12H17N2O3S2+. The van der Waals surface area contributed by atoms with Crippen LogP contribution in [0.2, 0.25) is 0 Å². The summed E-state index contributed by atoms with van der Waals surface area (Å²) >= 11 is 5.18. The predicted molar refractivity (Wildman–Crippen MR) is 80.9 cm³/mol. The van der Waals surface area contributed by atoms with Crippen molar-refractivity contribution in [3.05, 3.63) is 24.3 Å². The quantitative estimate of drug-likeness (QED) is 0.493. The molecule has 1 aliphatic heterocycles. The van der Waals surface area contributed by atoms with Gasteiger partial charge in [0.25, 0.3) is 0 Å². The number of aromatic hydroxyl groups is 1. The molecule has 1 saturated heterocycles. The summed E-state index contributed by atoms with van der Waals surface area (Å²) in [7, 11) is -2.72. The first kappa shape index (κ1) is 14.2. The first-order chi connectivity index (χ1) is 8.78. The molecule has 2 rings (SSSR count). The number of phenolic OH excluding ortho intramolecular Hbond substituents is 1. The molecule has 1 aliphatic rings. The maximum Gasteiger partial charge on any atom is 0.216 e. The maximum absolute atomic E-state index is 11.6. The van der Waals surface area contributed by atoms with Crippen LogP contribution in [0, 0.1) is 0 Å². The minimum atomic E-state index is -2.72. The molecule has 0 bridgehead atoms. The van der Waals surface area contributed by atoms with E-state index in [1.54, 1.807) is 24.3 Å². The van der Waals surface area contributed by atoms with Crippen molar-refractivity contribution >= 4 is 33.2 Å². The highest BCUT2D eigenvalue weighted by Gasteiger charge is 2.47. The summed E-state index contributed by atoms with van der Waals surface area (Å²) in [6.45, 7) is 1.88. The lowest BCUT2D eigenvalue weighted by Crippen LogP contribution is -2.48. The van der Waals surface area contributed by atoms with Crippen LogP contribution in [0.4, 0.5) is 5.69 Å². The number of hydrogen-bond donors (Lipinski definition) is 4. The highest BCUT2D eigenvalue weighted by atomic mass is 32.3. The number of benzene rings is 1. The van der Waals surface area contributed by atoms with Crippen LogP contribution in [0.3, 0.4) is 0 Å². The predicted octanol–water partition coefficient (Wildman–Crippen LogP) is 1.81. The molecule has 0 aliphatic carbocycles. The van der Waals surface area contributed by atoms with E-state index in [-0.39, 0.29) is 11.5 Å². The van der Waals surface area contributed by atoms with Gasteiger partial charge in [-0.25, -0.2) is 0 Å². The summed E-state index contributed by atoms with van der Waals surface area (Å²) < 4.78 is 21.2. The molecule has 1 heterocycles. The van der Waals surface area contributed by atoms with Crippen LogP contribution in [0.25, 0.3) is 0 Å². The smallest absolute Gasteiger partial charge is 0.216 e. The molecule has 0 spiro atoms. The van der Waals surface area contributed by atoms with E-state index in [4.69, 9.17) is 12.2 Å². The van der Waals surface area contributed by atoms with E-state index in [0.29, 0.717) is 23.0 Å². The third kappa shape index (κ3) is 3.89. The number of phenols is 1. The third-order valence-corrected chi connectivity index (χ3v) is 5.17. The van der Waals surface area contributed by atoms with Crippen molar-refractivity contribution in [3.63, 3.8) is 0 Å². The SMILES string of the molecule is C[C@]1(NC(=S)Nc2cccc(O)c2)CC[S+](=O)(O)C1. The molecule has 1 fully saturated rings. The summed E-state index contributed by atoms with van der Waals surface area (Å²) in [4.78, 5) is 0. The zero-order valence-corrected chi connectivity index (χ0v) is 12.2. The number of nitrogens with one attached hydrogen (secondary N) is 2. The second-order valence-electron chi connectivity index (χ2n) is 5.06. The number of rotatable bonds is 2. The van der Waals surface area contributed by atoms with Crippen molar-refractivity contribution in [2.24, 2.45) is 0 Å². The fourth-order valence-electron chi connectivity index (χ4n) is 2.15. The molecule has 4 N–H and O–H groups in total. The Morgan fingerprint density at radius 1 is 1.53 bits per heavy atom. The van der Waals surface area contributed by atoms with Crippen molar-refractivity contribution < 1.29 is 13.9 Å². The van der Waals surface area contributed by atoms with Crippen LogP contribution >= 0.6 is 12.2 Å². The van der Waals surface area contributed by atoms with Gasteiger partial charge < -0.3 is 15.7 Å². The monoisotopic (exact) mass is 301 g/mol. The minimum Gasteiger partial charge on any atom is -0.508 e. The van der Waals surface area contributed by atoms with Crippen LogP contribution in [-0.2, 0) is 14.4 Å². The lowest BCUT2D eigenvalue weighted by atomic mass is 10.0. The molecule has 1 unspecified atom stereocenters. The van der Waals surface area contributed by atoms with Gasteiger partial charge in [-0.3, -0.25) is 0 Å². The van der Waals surface area contributed by atoms with E-state index in [9.17, 15) is 13.9 Å². The molecule has 7 heteroatoms. The van der Waals surface area contributed by atoms with E-state index < -0.39 is 15.8 Å². The fourth-order valence-corrected chi connectivity index (χ4v) is 4.64. The summed E-state index contributed by atoms with van der Waals surface area (Å²) in [6.07, 6.45) is 0.601. The fraction of sp³-hybridized carbons (Fsp3) is 0.417. The van der Waals surface area contributed by atoms with Crippen LogP contribution in [0.1, 0.15) is 13.3 Å². The van der Waals surface area contributed by atoms with Crippen molar-refractivity contribution in [2.75, 3.05) is 16.8 Å². The van der Waals surface area contributed by atoms with Crippen LogP contribution in [-0.4, -0.2) is 31.8 Å². The van der Waals surface area contributed by atoms with Crippen LogP contribution < -0.4 is 10.6 Å². The van der Waals surface area contributed by atoms with Crippen LogP contribution in [0.15, 0.2) is 24.3 Å². The lowest BCUT2D eigenvalue weighted by molar-refractivity contribution is 0.466. The highest BCUT2D eigenvalue weighted by Crippen LogP contribution is 2.26. The van der Waals surface area contributed by atoms with Gasteiger partial charge in [0.2, 0.25) is 10.2 Å². The molecule has 104 valence electrons. The largest absolute Gasteiger partial charge is 0.508 e. The van der Waals surface area contributed by atoms with Gasteiger partial charge in [-0.1, -0.05) is 10.3 Å². The van der Waals surface area contributed by atoms with E-state index in [2.05, 4.69) is 10.6 Å². The van der Waals surface area contributed by atoms with Crippen molar-refractivity contribution in [1.29, 1.82) is 0 Å². The van der Waals surface area contributed by atoms with Gasteiger partial charge >= 0.3 is 0 Å². The summed E-state index contributed by atoms with van der Waals surface area (Å²) in [5, 5.41) is 15.8. The van der Waals surface area contributed by atoms with E-state index in [1.807, 2.05) is 6.92 Å². The number of hydrogen-bond acceptors (Lipinski definition) is 3. The van der Waals surface area contributed by atoms with Gasteiger partial charge in [0, 0.05) is 18.2 Å². The number of thiocarbonyl (C=S) groups is 1.